The SMILES string of the molecule is CC(=O)N1c2ccccc2[C@@H](N(C(=O)c2ccc(F)cc2)c2ccccc2)CC1C. The lowest BCUT2D eigenvalue weighted by molar-refractivity contribution is -0.117. The van der Waals surface area contributed by atoms with Crippen molar-refractivity contribution in [2.45, 2.75) is 32.4 Å². The lowest BCUT2D eigenvalue weighted by atomic mass is 9.89. The number of benzene rings is 3. The van der Waals surface area contributed by atoms with Gasteiger partial charge in [-0.3, -0.25) is 9.59 Å². The minimum absolute atomic E-state index is 0.0236. The first-order valence-electron chi connectivity index (χ1n) is 10.00. The number of para-hydroxylation sites is 2. The molecule has 0 spiro atoms. The van der Waals surface area contributed by atoms with Gasteiger partial charge in [-0.15, -0.1) is 0 Å². The molecule has 4 nitrogen and oxygen atoms in total. The standard InChI is InChI=1S/C25H23FN2O2/c1-17-16-24(22-10-6-7-11-23(22)27(17)18(2)29)28(21-8-4-3-5-9-21)25(30)19-12-14-20(26)15-13-19/h3-15,17,24H,16H2,1-2H3/t17?,24-/m0/s1. The molecule has 3 aromatic rings. The highest BCUT2D eigenvalue weighted by atomic mass is 19.1. The second kappa shape index (κ2) is 8.11. The zero-order valence-corrected chi connectivity index (χ0v) is 17.0. The zero-order chi connectivity index (χ0) is 21.3. The Hall–Kier alpha value is -3.47. The largest absolute Gasteiger partial charge is 0.309 e. The number of amides is 2. The first-order valence-corrected chi connectivity index (χ1v) is 10.00. The molecular formula is C25H23FN2O2. The van der Waals surface area contributed by atoms with Gasteiger partial charge in [-0.05, 0) is 61.4 Å². The average molecular weight is 402 g/mol. The van der Waals surface area contributed by atoms with Crippen LogP contribution in [0.2, 0.25) is 0 Å². The van der Waals surface area contributed by atoms with Crippen molar-refractivity contribution < 1.29 is 14.0 Å². The Bertz CT molecular complexity index is 1070. The van der Waals surface area contributed by atoms with Gasteiger partial charge in [-0.25, -0.2) is 4.39 Å². The van der Waals surface area contributed by atoms with E-state index in [1.807, 2.05) is 61.5 Å². The molecule has 152 valence electrons. The van der Waals surface area contributed by atoms with Crippen LogP contribution in [-0.2, 0) is 4.79 Å². The molecule has 0 aliphatic carbocycles. The first kappa shape index (κ1) is 19.8. The molecule has 1 heterocycles. The number of halogens is 1. The van der Waals surface area contributed by atoms with Crippen LogP contribution in [0.1, 0.15) is 42.2 Å². The lowest BCUT2D eigenvalue weighted by Crippen LogP contribution is -2.47. The zero-order valence-electron chi connectivity index (χ0n) is 17.0. The highest BCUT2D eigenvalue weighted by Crippen LogP contribution is 2.42. The van der Waals surface area contributed by atoms with Crippen molar-refractivity contribution in [3.05, 3.63) is 95.8 Å². The Morgan fingerprint density at radius 1 is 0.933 bits per heavy atom. The summed E-state index contributed by atoms with van der Waals surface area (Å²) in [4.78, 5) is 29.5. The fraction of sp³-hybridized carbons (Fsp3) is 0.200. The number of hydrogen-bond donors (Lipinski definition) is 0. The van der Waals surface area contributed by atoms with Crippen LogP contribution in [0.15, 0.2) is 78.9 Å². The maximum Gasteiger partial charge on any atom is 0.258 e. The lowest BCUT2D eigenvalue weighted by Gasteiger charge is -2.43. The molecule has 4 rings (SSSR count). The molecule has 0 aromatic heterocycles. The molecule has 30 heavy (non-hydrogen) atoms. The van der Waals surface area contributed by atoms with Gasteiger partial charge in [0.1, 0.15) is 5.82 Å². The third kappa shape index (κ3) is 3.59. The minimum atomic E-state index is -0.383. The third-order valence-electron chi connectivity index (χ3n) is 5.56. The summed E-state index contributed by atoms with van der Waals surface area (Å²) in [5.41, 5.74) is 2.92. The van der Waals surface area contributed by atoms with Crippen LogP contribution in [-0.4, -0.2) is 17.9 Å². The van der Waals surface area contributed by atoms with Gasteiger partial charge >= 0.3 is 0 Å². The number of carbonyl (C=O) groups excluding carboxylic acids is 2. The summed E-state index contributed by atoms with van der Waals surface area (Å²) in [5.74, 6) is -0.611. The van der Waals surface area contributed by atoms with Crippen LogP contribution in [0.4, 0.5) is 15.8 Å². The van der Waals surface area contributed by atoms with Crippen LogP contribution >= 0.6 is 0 Å². The van der Waals surface area contributed by atoms with E-state index in [1.54, 1.807) is 16.7 Å². The van der Waals surface area contributed by atoms with Gasteiger partial charge in [0.2, 0.25) is 5.91 Å². The Kier molecular flexibility index (Phi) is 5.36. The molecule has 2 atom stereocenters. The molecule has 0 radical (unpaired) electrons. The Morgan fingerprint density at radius 2 is 1.57 bits per heavy atom. The fourth-order valence-electron chi connectivity index (χ4n) is 4.26. The fourth-order valence-corrected chi connectivity index (χ4v) is 4.26. The van der Waals surface area contributed by atoms with E-state index in [1.165, 1.54) is 24.3 Å². The van der Waals surface area contributed by atoms with Crippen molar-refractivity contribution in [2.75, 3.05) is 9.80 Å². The molecule has 0 N–H and O–H groups in total. The molecule has 5 heteroatoms. The predicted octanol–water partition coefficient (Wildman–Crippen LogP) is 5.36. The maximum atomic E-state index is 13.6. The molecule has 1 unspecified atom stereocenters. The molecule has 1 aliphatic rings. The minimum Gasteiger partial charge on any atom is -0.309 e. The van der Waals surface area contributed by atoms with Crippen molar-refractivity contribution in [1.82, 2.24) is 0 Å². The van der Waals surface area contributed by atoms with E-state index in [9.17, 15) is 14.0 Å². The third-order valence-corrected chi connectivity index (χ3v) is 5.56. The summed E-state index contributed by atoms with van der Waals surface area (Å²) in [5, 5.41) is 0. The number of fused-ring (bicyclic) bond motifs is 1. The van der Waals surface area contributed by atoms with Gasteiger partial charge < -0.3 is 9.80 Å². The highest BCUT2D eigenvalue weighted by molar-refractivity contribution is 6.07. The Balaban J connectivity index is 1.85. The number of rotatable bonds is 3. The van der Waals surface area contributed by atoms with Gasteiger partial charge in [-0.1, -0.05) is 36.4 Å². The number of anilines is 2. The van der Waals surface area contributed by atoms with E-state index in [2.05, 4.69) is 0 Å². The Labute approximate surface area is 175 Å². The van der Waals surface area contributed by atoms with E-state index in [0.717, 1.165) is 16.9 Å². The summed E-state index contributed by atoms with van der Waals surface area (Å²) in [6.07, 6.45) is 0.596. The van der Waals surface area contributed by atoms with Crippen LogP contribution in [0, 0.1) is 5.82 Å². The molecule has 2 amide bonds. The average Bonchev–Trinajstić information content (AvgIpc) is 2.75. The molecular weight excluding hydrogens is 379 g/mol. The van der Waals surface area contributed by atoms with Crippen molar-refractivity contribution >= 4 is 23.2 Å². The van der Waals surface area contributed by atoms with Crippen molar-refractivity contribution in [3.8, 4) is 0 Å². The van der Waals surface area contributed by atoms with Crippen molar-refractivity contribution in [2.24, 2.45) is 0 Å². The monoisotopic (exact) mass is 402 g/mol. The number of hydrogen-bond acceptors (Lipinski definition) is 2. The molecule has 1 aliphatic heterocycles. The van der Waals surface area contributed by atoms with Crippen LogP contribution in [0.3, 0.4) is 0 Å². The summed E-state index contributed by atoms with van der Waals surface area (Å²) < 4.78 is 13.4. The summed E-state index contributed by atoms with van der Waals surface area (Å²) >= 11 is 0. The van der Waals surface area contributed by atoms with E-state index in [0.29, 0.717) is 12.0 Å². The maximum absolute atomic E-state index is 13.6. The van der Waals surface area contributed by atoms with Gasteiger partial charge in [0, 0.05) is 29.9 Å². The van der Waals surface area contributed by atoms with Gasteiger partial charge in [0.05, 0.1) is 6.04 Å². The number of carbonyl (C=O) groups is 2. The van der Waals surface area contributed by atoms with Gasteiger partial charge in [0.15, 0.2) is 0 Å². The van der Waals surface area contributed by atoms with E-state index in [4.69, 9.17) is 0 Å². The Morgan fingerprint density at radius 3 is 2.23 bits per heavy atom. The summed E-state index contributed by atoms with van der Waals surface area (Å²) in [6.45, 7) is 3.56. The quantitative estimate of drug-likeness (QED) is 0.592. The normalized spacial score (nSPS) is 17.9. The van der Waals surface area contributed by atoms with Crippen LogP contribution in [0.25, 0.3) is 0 Å². The summed E-state index contributed by atoms with van der Waals surface area (Å²) in [7, 11) is 0. The van der Waals surface area contributed by atoms with E-state index >= 15 is 0 Å². The molecule has 0 fully saturated rings. The molecule has 3 aromatic carbocycles. The highest BCUT2D eigenvalue weighted by Gasteiger charge is 2.37. The van der Waals surface area contributed by atoms with Crippen LogP contribution in [0.5, 0.6) is 0 Å². The van der Waals surface area contributed by atoms with E-state index < -0.39 is 0 Å². The second-order valence-corrected chi connectivity index (χ2v) is 7.57. The van der Waals surface area contributed by atoms with Crippen molar-refractivity contribution in [3.63, 3.8) is 0 Å². The summed E-state index contributed by atoms with van der Waals surface area (Å²) in [6, 6.07) is 22.5. The topological polar surface area (TPSA) is 40.6 Å². The van der Waals surface area contributed by atoms with E-state index in [-0.39, 0.29) is 29.7 Å². The number of nitrogens with zero attached hydrogens (tertiary/aromatic N) is 2. The predicted molar refractivity (Wildman–Crippen MR) is 116 cm³/mol. The van der Waals surface area contributed by atoms with Gasteiger partial charge in [0.25, 0.3) is 5.91 Å². The van der Waals surface area contributed by atoms with Gasteiger partial charge in [-0.2, -0.15) is 0 Å². The second-order valence-electron chi connectivity index (χ2n) is 7.57. The molecule has 0 saturated carbocycles. The first-order chi connectivity index (χ1) is 14.5. The molecule has 0 saturated heterocycles. The smallest absolute Gasteiger partial charge is 0.258 e. The molecule has 0 bridgehead atoms. The van der Waals surface area contributed by atoms with Crippen molar-refractivity contribution in [1.29, 1.82) is 0 Å². The van der Waals surface area contributed by atoms with Crippen LogP contribution < -0.4 is 9.80 Å².